The summed E-state index contributed by atoms with van der Waals surface area (Å²) in [6, 6.07) is 15.3. The van der Waals surface area contributed by atoms with Gasteiger partial charge in [-0.25, -0.2) is 0 Å². The van der Waals surface area contributed by atoms with Crippen LogP contribution in [-0.4, -0.2) is 37.1 Å². The molecule has 2 N–H and O–H groups in total. The van der Waals surface area contributed by atoms with Crippen LogP contribution in [-0.2, 0) is 22.4 Å². The van der Waals surface area contributed by atoms with Gasteiger partial charge in [0.1, 0.15) is 11.5 Å². The molecule has 0 radical (unpaired) electrons. The normalized spacial score (nSPS) is 17.9. The van der Waals surface area contributed by atoms with Gasteiger partial charge in [-0.1, -0.05) is 51.0 Å². The molecule has 1 saturated carbocycles. The quantitative estimate of drug-likeness (QED) is 0.591. The topological polar surface area (TPSA) is 76.7 Å². The number of ether oxygens (including phenoxy) is 2. The zero-order valence-corrected chi connectivity index (χ0v) is 19.1. The molecule has 0 unspecified atom stereocenters. The maximum atomic E-state index is 12.4. The fraction of sp³-hybridized carbons (Fsp3) is 0.462. The summed E-state index contributed by atoms with van der Waals surface area (Å²) in [5.41, 5.74) is 2.45. The number of aryl methyl sites for hydroxylation is 2. The highest BCUT2D eigenvalue weighted by Crippen LogP contribution is 2.19. The lowest BCUT2D eigenvalue weighted by molar-refractivity contribution is -0.127. The van der Waals surface area contributed by atoms with Gasteiger partial charge >= 0.3 is 0 Å². The summed E-state index contributed by atoms with van der Waals surface area (Å²) in [5, 5.41) is 6.07. The smallest absolute Gasteiger partial charge is 0.258 e. The minimum Gasteiger partial charge on any atom is -0.484 e. The standard InChI is InChI=1S/C26H34N2O4/c1-3-19-9-13-21(14-10-19)31-17-25(29)27-23-7-5-6-8-24(23)28-26(30)18-32-22-15-11-20(4-2)12-16-22/h9-16,23-24H,3-8,17-18H2,1-2H3,(H,27,29)(H,28,30)/t23-,24-/m0/s1. The van der Waals surface area contributed by atoms with Crippen LogP contribution < -0.4 is 20.1 Å². The first-order valence-electron chi connectivity index (χ1n) is 11.6. The predicted molar refractivity (Wildman–Crippen MR) is 125 cm³/mol. The molecule has 3 rings (SSSR count). The molecule has 0 saturated heterocycles. The van der Waals surface area contributed by atoms with Gasteiger partial charge in [0.25, 0.3) is 11.8 Å². The van der Waals surface area contributed by atoms with Crippen LogP contribution in [0.3, 0.4) is 0 Å². The second kappa shape index (κ2) is 12.1. The Labute approximate surface area is 190 Å². The Bertz CT molecular complexity index is 791. The van der Waals surface area contributed by atoms with E-state index in [2.05, 4.69) is 24.5 Å². The number of carbonyl (C=O) groups is 2. The molecule has 6 nitrogen and oxygen atoms in total. The molecule has 0 aromatic heterocycles. The van der Waals surface area contributed by atoms with Crippen molar-refractivity contribution < 1.29 is 19.1 Å². The Morgan fingerprint density at radius 2 is 1.09 bits per heavy atom. The Morgan fingerprint density at radius 3 is 1.44 bits per heavy atom. The molecule has 2 aromatic rings. The van der Waals surface area contributed by atoms with Gasteiger partial charge in [-0.2, -0.15) is 0 Å². The van der Waals surface area contributed by atoms with Crippen molar-refractivity contribution in [3.8, 4) is 11.5 Å². The highest BCUT2D eigenvalue weighted by atomic mass is 16.5. The highest BCUT2D eigenvalue weighted by molar-refractivity contribution is 5.79. The molecule has 2 amide bonds. The van der Waals surface area contributed by atoms with E-state index < -0.39 is 0 Å². The minimum atomic E-state index is -0.178. The lowest BCUT2D eigenvalue weighted by Crippen LogP contribution is -2.54. The summed E-state index contributed by atoms with van der Waals surface area (Å²) in [6.45, 7) is 4.11. The minimum absolute atomic E-state index is 0.0422. The van der Waals surface area contributed by atoms with Crippen LogP contribution in [0.2, 0.25) is 0 Å². The fourth-order valence-electron chi connectivity index (χ4n) is 3.91. The molecule has 1 aliphatic carbocycles. The molecule has 1 aliphatic rings. The maximum Gasteiger partial charge on any atom is 0.258 e. The number of nitrogens with one attached hydrogen (secondary N) is 2. The third kappa shape index (κ3) is 7.29. The molecule has 6 heteroatoms. The number of rotatable bonds is 10. The van der Waals surface area contributed by atoms with E-state index >= 15 is 0 Å². The van der Waals surface area contributed by atoms with Crippen molar-refractivity contribution in [1.82, 2.24) is 10.6 Å². The van der Waals surface area contributed by atoms with Crippen LogP contribution in [0.5, 0.6) is 11.5 Å². The van der Waals surface area contributed by atoms with Crippen molar-refractivity contribution in [3.05, 3.63) is 59.7 Å². The average Bonchev–Trinajstić information content (AvgIpc) is 2.83. The third-order valence-electron chi connectivity index (χ3n) is 5.86. The van der Waals surface area contributed by atoms with Gasteiger partial charge in [0.2, 0.25) is 0 Å². The first kappa shape index (κ1) is 23.6. The third-order valence-corrected chi connectivity index (χ3v) is 5.86. The van der Waals surface area contributed by atoms with Gasteiger partial charge in [0.15, 0.2) is 13.2 Å². The molecule has 0 aliphatic heterocycles. The lowest BCUT2D eigenvalue weighted by Gasteiger charge is -2.32. The highest BCUT2D eigenvalue weighted by Gasteiger charge is 2.28. The van der Waals surface area contributed by atoms with Crippen LogP contribution in [0.25, 0.3) is 0 Å². The van der Waals surface area contributed by atoms with Crippen molar-refractivity contribution in [2.75, 3.05) is 13.2 Å². The molecule has 1 fully saturated rings. The summed E-state index contributed by atoms with van der Waals surface area (Å²) >= 11 is 0. The first-order chi connectivity index (χ1) is 15.6. The van der Waals surface area contributed by atoms with Crippen LogP contribution in [0.1, 0.15) is 50.7 Å². The molecular weight excluding hydrogens is 404 g/mol. The maximum absolute atomic E-state index is 12.4. The van der Waals surface area contributed by atoms with E-state index in [1.807, 2.05) is 48.5 Å². The van der Waals surface area contributed by atoms with Gasteiger partial charge in [0.05, 0.1) is 0 Å². The van der Waals surface area contributed by atoms with E-state index in [1.165, 1.54) is 11.1 Å². The van der Waals surface area contributed by atoms with Crippen LogP contribution in [0.4, 0.5) is 0 Å². The molecule has 0 bridgehead atoms. The van der Waals surface area contributed by atoms with E-state index in [4.69, 9.17) is 9.47 Å². The second-order valence-electron chi connectivity index (χ2n) is 8.20. The Balaban J connectivity index is 1.44. The van der Waals surface area contributed by atoms with Gasteiger partial charge < -0.3 is 20.1 Å². The lowest BCUT2D eigenvalue weighted by atomic mass is 9.90. The molecule has 2 aromatic carbocycles. The molecular formula is C26H34N2O4. The summed E-state index contributed by atoms with van der Waals surface area (Å²) in [5.74, 6) is 0.996. The summed E-state index contributed by atoms with van der Waals surface area (Å²) < 4.78 is 11.2. The van der Waals surface area contributed by atoms with Crippen molar-refractivity contribution in [3.63, 3.8) is 0 Å². The van der Waals surface area contributed by atoms with Gasteiger partial charge in [-0.3, -0.25) is 9.59 Å². The van der Waals surface area contributed by atoms with E-state index in [0.717, 1.165) is 38.5 Å². The number of carbonyl (C=O) groups excluding carboxylic acids is 2. The zero-order valence-electron chi connectivity index (χ0n) is 19.1. The second-order valence-corrected chi connectivity index (χ2v) is 8.20. The van der Waals surface area contributed by atoms with Crippen LogP contribution >= 0.6 is 0 Å². The monoisotopic (exact) mass is 438 g/mol. The first-order valence-corrected chi connectivity index (χ1v) is 11.6. The van der Waals surface area contributed by atoms with Gasteiger partial charge in [-0.05, 0) is 61.1 Å². The zero-order chi connectivity index (χ0) is 22.8. The Hall–Kier alpha value is -3.02. The van der Waals surface area contributed by atoms with Crippen molar-refractivity contribution in [2.24, 2.45) is 0 Å². The van der Waals surface area contributed by atoms with Gasteiger partial charge in [0, 0.05) is 12.1 Å². The molecule has 0 heterocycles. The Morgan fingerprint density at radius 1 is 0.719 bits per heavy atom. The van der Waals surface area contributed by atoms with E-state index in [-0.39, 0.29) is 37.1 Å². The molecule has 0 spiro atoms. The van der Waals surface area contributed by atoms with E-state index in [0.29, 0.717) is 11.5 Å². The largest absolute Gasteiger partial charge is 0.484 e. The molecule has 172 valence electrons. The SMILES string of the molecule is CCc1ccc(OCC(=O)N[C@H]2CCCC[C@@H]2NC(=O)COc2ccc(CC)cc2)cc1. The number of hydrogen-bond acceptors (Lipinski definition) is 4. The number of benzene rings is 2. The van der Waals surface area contributed by atoms with E-state index in [1.54, 1.807) is 0 Å². The number of amides is 2. The van der Waals surface area contributed by atoms with Crippen molar-refractivity contribution >= 4 is 11.8 Å². The summed E-state index contributed by atoms with van der Waals surface area (Å²) in [6.07, 6.45) is 5.65. The van der Waals surface area contributed by atoms with Crippen molar-refractivity contribution in [1.29, 1.82) is 0 Å². The van der Waals surface area contributed by atoms with Crippen LogP contribution in [0, 0.1) is 0 Å². The average molecular weight is 439 g/mol. The Kier molecular flexibility index (Phi) is 8.96. The van der Waals surface area contributed by atoms with Gasteiger partial charge in [-0.15, -0.1) is 0 Å². The summed E-state index contributed by atoms with van der Waals surface area (Å²) in [7, 11) is 0. The number of hydrogen-bond donors (Lipinski definition) is 2. The molecule has 2 atom stereocenters. The van der Waals surface area contributed by atoms with E-state index in [9.17, 15) is 9.59 Å². The molecule has 32 heavy (non-hydrogen) atoms. The summed E-state index contributed by atoms with van der Waals surface area (Å²) in [4.78, 5) is 24.9. The fourth-order valence-corrected chi connectivity index (χ4v) is 3.91. The van der Waals surface area contributed by atoms with Crippen LogP contribution in [0.15, 0.2) is 48.5 Å². The predicted octanol–water partition coefficient (Wildman–Crippen LogP) is 3.81. The van der Waals surface area contributed by atoms with Crippen molar-refractivity contribution in [2.45, 2.75) is 64.5 Å².